The van der Waals surface area contributed by atoms with E-state index in [1.165, 1.54) is 10.4 Å². The predicted octanol–water partition coefficient (Wildman–Crippen LogP) is 4.28. The van der Waals surface area contributed by atoms with Crippen LogP contribution in [0.5, 0.6) is 0 Å². The van der Waals surface area contributed by atoms with Crippen molar-refractivity contribution in [2.24, 2.45) is 11.8 Å². The summed E-state index contributed by atoms with van der Waals surface area (Å²) in [7, 11) is -2.63. The van der Waals surface area contributed by atoms with Gasteiger partial charge in [-0.1, -0.05) is 95.3 Å². The van der Waals surface area contributed by atoms with E-state index in [1.807, 2.05) is 0 Å². The Labute approximate surface area is 187 Å². The highest BCUT2D eigenvalue weighted by Gasteiger charge is 2.51. The largest absolute Gasteiger partial charge is 0.405 e. The standard InChI is InChI=1S/C25H36O3SSi/c1-18-19(2)24(29-6)28-22(23(18)26)17-27-30(25(3,4)5,20-13-9-7-10-14-20)21-15-11-8-12-16-21/h7-16,18-19,22-24,26H,17H2,1-6H3. The first-order valence-electron chi connectivity index (χ1n) is 10.8. The zero-order valence-electron chi connectivity index (χ0n) is 19.0. The maximum atomic E-state index is 11.0. The zero-order chi connectivity index (χ0) is 21.9. The van der Waals surface area contributed by atoms with E-state index in [0.29, 0.717) is 12.5 Å². The van der Waals surface area contributed by atoms with E-state index in [2.05, 4.69) is 102 Å². The van der Waals surface area contributed by atoms with Gasteiger partial charge in [0, 0.05) is 0 Å². The summed E-state index contributed by atoms with van der Waals surface area (Å²) in [6, 6.07) is 21.2. The maximum absolute atomic E-state index is 11.0. The first-order chi connectivity index (χ1) is 14.2. The molecule has 30 heavy (non-hydrogen) atoms. The molecule has 0 amide bonds. The molecule has 0 spiro atoms. The van der Waals surface area contributed by atoms with Gasteiger partial charge in [0.05, 0.1) is 12.7 Å². The van der Waals surface area contributed by atoms with Crippen molar-refractivity contribution in [3.63, 3.8) is 0 Å². The molecule has 1 N–H and O–H groups in total. The molecule has 2 aromatic carbocycles. The molecular weight excluding hydrogens is 408 g/mol. The fraction of sp³-hybridized carbons (Fsp3) is 0.520. The van der Waals surface area contributed by atoms with Crippen LogP contribution in [-0.2, 0) is 9.16 Å². The third kappa shape index (κ3) is 4.41. The van der Waals surface area contributed by atoms with Crippen LogP contribution in [-0.4, -0.2) is 43.9 Å². The van der Waals surface area contributed by atoms with Gasteiger partial charge < -0.3 is 14.3 Å². The molecule has 0 radical (unpaired) electrons. The van der Waals surface area contributed by atoms with E-state index in [1.54, 1.807) is 11.8 Å². The van der Waals surface area contributed by atoms with Crippen molar-refractivity contribution in [1.29, 1.82) is 0 Å². The summed E-state index contributed by atoms with van der Waals surface area (Å²) in [5.74, 6) is 0.475. The maximum Gasteiger partial charge on any atom is 0.261 e. The van der Waals surface area contributed by atoms with Crippen LogP contribution in [0.4, 0.5) is 0 Å². The second kappa shape index (κ2) is 9.57. The molecule has 1 aliphatic rings. The van der Waals surface area contributed by atoms with E-state index in [9.17, 15) is 5.11 Å². The van der Waals surface area contributed by atoms with Crippen LogP contribution < -0.4 is 10.4 Å². The normalized spacial score (nSPS) is 27.8. The van der Waals surface area contributed by atoms with E-state index in [4.69, 9.17) is 9.16 Å². The minimum Gasteiger partial charge on any atom is -0.405 e. The molecule has 1 heterocycles. The molecule has 0 aliphatic carbocycles. The lowest BCUT2D eigenvalue weighted by atomic mass is 9.86. The monoisotopic (exact) mass is 444 g/mol. The lowest BCUT2D eigenvalue weighted by Crippen LogP contribution is -2.67. The van der Waals surface area contributed by atoms with Gasteiger partial charge in [-0.15, -0.1) is 11.8 Å². The SMILES string of the molecule is CSC1OC(CO[Si](c2ccccc2)(c2ccccc2)C(C)(C)C)C(O)C(C)C1C. The third-order valence-corrected chi connectivity index (χ3v) is 12.6. The van der Waals surface area contributed by atoms with E-state index >= 15 is 0 Å². The van der Waals surface area contributed by atoms with E-state index < -0.39 is 14.4 Å². The topological polar surface area (TPSA) is 38.7 Å². The molecule has 1 fully saturated rings. The zero-order valence-corrected chi connectivity index (χ0v) is 20.9. The van der Waals surface area contributed by atoms with Gasteiger partial charge in [0.1, 0.15) is 11.5 Å². The van der Waals surface area contributed by atoms with Gasteiger partial charge in [0.2, 0.25) is 0 Å². The summed E-state index contributed by atoms with van der Waals surface area (Å²) in [6.45, 7) is 11.5. The van der Waals surface area contributed by atoms with Crippen LogP contribution in [0.15, 0.2) is 60.7 Å². The van der Waals surface area contributed by atoms with Gasteiger partial charge >= 0.3 is 0 Å². The molecule has 1 saturated heterocycles. The van der Waals surface area contributed by atoms with Gasteiger partial charge in [0.25, 0.3) is 8.32 Å². The Morgan fingerprint density at radius 3 is 1.87 bits per heavy atom. The lowest BCUT2D eigenvalue weighted by molar-refractivity contribution is -0.150. The molecule has 0 aromatic heterocycles. The van der Waals surface area contributed by atoms with Gasteiger partial charge in [-0.3, -0.25) is 0 Å². The summed E-state index contributed by atoms with van der Waals surface area (Å²) < 4.78 is 13.3. The number of thioether (sulfide) groups is 1. The molecule has 3 nitrogen and oxygen atoms in total. The van der Waals surface area contributed by atoms with Gasteiger partial charge in [0.15, 0.2) is 0 Å². The van der Waals surface area contributed by atoms with Crippen molar-refractivity contribution in [3.8, 4) is 0 Å². The number of rotatable bonds is 6. The molecule has 5 atom stereocenters. The Bertz CT molecular complexity index is 752. The smallest absolute Gasteiger partial charge is 0.261 e. The average Bonchev–Trinajstić information content (AvgIpc) is 2.74. The number of hydrogen-bond donors (Lipinski definition) is 1. The van der Waals surface area contributed by atoms with Crippen molar-refractivity contribution < 1.29 is 14.3 Å². The molecule has 0 bridgehead atoms. The minimum atomic E-state index is -2.63. The quantitative estimate of drug-likeness (QED) is 0.675. The highest BCUT2D eigenvalue weighted by Crippen LogP contribution is 2.39. The van der Waals surface area contributed by atoms with Crippen LogP contribution in [0.1, 0.15) is 34.6 Å². The second-order valence-corrected chi connectivity index (χ2v) is 14.7. The summed E-state index contributed by atoms with van der Waals surface area (Å²) in [5.41, 5.74) is 0.0798. The second-order valence-electron chi connectivity index (χ2n) is 9.46. The van der Waals surface area contributed by atoms with Crippen molar-refractivity contribution in [1.82, 2.24) is 0 Å². The number of aliphatic hydroxyl groups is 1. The van der Waals surface area contributed by atoms with Crippen LogP contribution in [0.25, 0.3) is 0 Å². The Kier molecular flexibility index (Phi) is 7.52. The molecule has 2 aromatic rings. The average molecular weight is 445 g/mol. The van der Waals surface area contributed by atoms with E-state index in [-0.39, 0.29) is 22.5 Å². The van der Waals surface area contributed by atoms with Gasteiger partial charge in [-0.25, -0.2) is 0 Å². The van der Waals surface area contributed by atoms with Crippen molar-refractivity contribution >= 4 is 30.5 Å². The summed E-state index contributed by atoms with van der Waals surface area (Å²) in [4.78, 5) is 0. The third-order valence-electron chi connectivity index (χ3n) is 6.60. The summed E-state index contributed by atoms with van der Waals surface area (Å²) in [5, 5.41) is 13.4. The molecular formula is C25H36O3SSi. The Morgan fingerprint density at radius 2 is 1.43 bits per heavy atom. The fourth-order valence-corrected chi connectivity index (χ4v) is 10.2. The number of hydrogen-bond acceptors (Lipinski definition) is 4. The molecule has 0 saturated carbocycles. The molecule has 164 valence electrons. The minimum absolute atomic E-state index is 0.0798. The number of aliphatic hydroxyl groups excluding tert-OH is 1. The van der Waals surface area contributed by atoms with Gasteiger partial charge in [-0.05, 0) is 33.5 Å². The highest BCUT2D eigenvalue weighted by atomic mass is 32.2. The van der Waals surface area contributed by atoms with Crippen LogP contribution in [0, 0.1) is 11.8 Å². The molecule has 1 aliphatic heterocycles. The highest BCUT2D eigenvalue weighted by molar-refractivity contribution is 7.99. The number of ether oxygens (including phenoxy) is 1. The summed E-state index contributed by atoms with van der Waals surface area (Å²) in [6.07, 6.45) is 1.22. The van der Waals surface area contributed by atoms with Crippen molar-refractivity contribution in [2.75, 3.05) is 12.9 Å². The first-order valence-corrected chi connectivity index (χ1v) is 14.0. The Balaban J connectivity index is 2.00. The van der Waals surface area contributed by atoms with Crippen LogP contribution in [0.2, 0.25) is 5.04 Å². The predicted molar refractivity (Wildman–Crippen MR) is 130 cm³/mol. The van der Waals surface area contributed by atoms with Crippen LogP contribution >= 0.6 is 11.8 Å². The Hall–Kier alpha value is -1.11. The Morgan fingerprint density at radius 1 is 0.933 bits per heavy atom. The van der Waals surface area contributed by atoms with Crippen LogP contribution in [0.3, 0.4) is 0 Å². The van der Waals surface area contributed by atoms with E-state index in [0.717, 1.165) is 0 Å². The lowest BCUT2D eigenvalue weighted by Gasteiger charge is -2.46. The molecule has 3 rings (SSSR count). The van der Waals surface area contributed by atoms with Crippen molar-refractivity contribution in [3.05, 3.63) is 60.7 Å². The molecule has 5 unspecified atom stereocenters. The number of benzene rings is 2. The molecule has 5 heteroatoms. The summed E-state index contributed by atoms with van der Waals surface area (Å²) >= 11 is 1.72. The first kappa shape index (κ1) is 23.5. The van der Waals surface area contributed by atoms with Crippen molar-refractivity contribution in [2.45, 2.75) is 57.3 Å². The fourth-order valence-electron chi connectivity index (χ4n) is 4.65. The van der Waals surface area contributed by atoms with Gasteiger partial charge in [-0.2, -0.15) is 0 Å².